The molecular formula is C20H20BrN3O. The Morgan fingerprint density at radius 2 is 1.68 bits per heavy atom. The minimum Gasteiger partial charge on any atom is -0.419 e. The van der Waals surface area contributed by atoms with E-state index in [1.807, 2.05) is 24.3 Å². The number of hydrogen-bond acceptors (Lipinski definition) is 4. The standard InChI is InChI=1S/C20H20BrN3O/c21-18-9-5-4-8-17(18)20-23-22-19(25-20)14-24-12-10-16(11-13-24)15-6-2-1-3-7-15/h1-9,16H,10-14H2. The molecule has 0 bridgehead atoms. The van der Waals surface area contributed by atoms with Crippen LogP contribution in [0.5, 0.6) is 0 Å². The Bertz CT molecular complexity index is 826. The second-order valence-corrected chi connectivity index (χ2v) is 7.30. The van der Waals surface area contributed by atoms with Crippen LogP contribution in [0.4, 0.5) is 0 Å². The number of aromatic nitrogens is 2. The summed E-state index contributed by atoms with van der Waals surface area (Å²) < 4.78 is 6.84. The minimum atomic E-state index is 0.571. The lowest BCUT2D eigenvalue weighted by molar-refractivity contribution is 0.188. The Balaban J connectivity index is 1.37. The lowest BCUT2D eigenvalue weighted by Gasteiger charge is -2.31. The van der Waals surface area contributed by atoms with Crippen LogP contribution < -0.4 is 0 Å². The summed E-state index contributed by atoms with van der Waals surface area (Å²) in [6.07, 6.45) is 2.35. The van der Waals surface area contributed by atoms with Gasteiger partial charge in [0.15, 0.2) is 0 Å². The molecule has 0 amide bonds. The van der Waals surface area contributed by atoms with Crippen molar-refractivity contribution in [1.82, 2.24) is 15.1 Å². The van der Waals surface area contributed by atoms with Gasteiger partial charge in [0.1, 0.15) is 0 Å². The summed E-state index contributed by atoms with van der Waals surface area (Å²) in [7, 11) is 0. The van der Waals surface area contributed by atoms with Gasteiger partial charge >= 0.3 is 0 Å². The van der Waals surface area contributed by atoms with Crippen LogP contribution in [0.15, 0.2) is 63.5 Å². The third-order valence-electron chi connectivity index (χ3n) is 4.79. The van der Waals surface area contributed by atoms with Gasteiger partial charge in [-0.2, -0.15) is 0 Å². The molecule has 128 valence electrons. The van der Waals surface area contributed by atoms with Gasteiger partial charge in [-0.25, -0.2) is 0 Å². The third kappa shape index (κ3) is 3.83. The highest BCUT2D eigenvalue weighted by molar-refractivity contribution is 9.10. The summed E-state index contributed by atoms with van der Waals surface area (Å²) >= 11 is 3.53. The van der Waals surface area contributed by atoms with Crippen molar-refractivity contribution >= 4 is 15.9 Å². The van der Waals surface area contributed by atoms with E-state index in [0.29, 0.717) is 17.7 Å². The predicted molar refractivity (Wildman–Crippen MR) is 101 cm³/mol. The highest BCUT2D eigenvalue weighted by atomic mass is 79.9. The van der Waals surface area contributed by atoms with Crippen molar-refractivity contribution in [3.05, 3.63) is 70.5 Å². The monoisotopic (exact) mass is 397 g/mol. The molecule has 2 aromatic carbocycles. The van der Waals surface area contributed by atoms with Crippen molar-refractivity contribution in [3.63, 3.8) is 0 Å². The first-order valence-electron chi connectivity index (χ1n) is 8.64. The molecule has 0 N–H and O–H groups in total. The molecule has 3 aromatic rings. The van der Waals surface area contributed by atoms with E-state index >= 15 is 0 Å². The Morgan fingerprint density at radius 1 is 0.960 bits per heavy atom. The SMILES string of the molecule is Brc1ccccc1-c1nnc(CN2CCC(c3ccccc3)CC2)o1. The van der Waals surface area contributed by atoms with Crippen LogP contribution in [0.3, 0.4) is 0 Å². The average molecular weight is 398 g/mol. The first kappa shape index (κ1) is 16.5. The Hall–Kier alpha value is -1.98. The minimum absolute atomic E-state index is 0.571. The summed E-state index contributed by atoms with van der Waals surface area (Å²) in [6, 6.07) is 18.7. The van der Waals surface area contributed by atoms with E-state index in [-0.39, 0.29) is 0 Å². The molecule has 1 aliphatic heterocycles. The van der Waals surface area contributed by atoms with Gasteiger partial charge in [-0.05, 0) is 65.5 Å². The van der Waals surface area contributed by atoms with Crippen molar-refractivity contribution in [2.45, 2.75) is 25.3 Å². The molecule has 1 saturated heterocycles. The lowest BCUT2D eigenvalue weighted by Crippen LogP contribution is -2.32. The van der Waals surface area contributed by atoms with Gasteiger partial charge in [0, 0.05) is 4.47 Å². The van der Waals surface area contributed by atoms with Gasteiger partial charge in [0.2, 0.25) is 11.8 Å². The van der Waals surface area contributed by atoms with Gasteiger partial charge in [-0.15, -0.1) is 10.2 Å². The maximum Gasteiger partial charge on any atom is 0.248 e. The van der Waals surface area contributed by atoms with Crippen molar-refractivity contribution in [2.24, 2.45) is 0 Å². The first-order chi connectivity index (χ1) is 12.3. The molecular weight excluding hydrogens is 378 g/mol. The Labute approximate surface area is 156 Å². The van der Waals surface area contributed by atoms with Gasteiger partial charge < -0.3 is 4.42 Å². The topological polar surface area (TPSA) is 42.2 Å². The molecule has 4 rings (SSSR count). The maximum atomic E-state index is 5.87. The zero-order valence-corrected chi connectivity index (χ0v) is 15.5. The summed E-state index contributed by atoms with van der Waals surface area (Å²) in [5.41, 5.74) is 2.39. The van der Waals surface area contributed by atoms with Crippen molar-refractivity contribution in [2.75, 3.05) is 13.1 Å². The number of piperidine rings is 1. The van der Waals surface area contributed by atoms with Gasteiger partial charge in [-0.3, -0.25) is 4.90 Å². The zero-order chi connectivity index (χ0) is 17.1. The molecule has 0 unspecified atom stereocenters. The molecule has 0 aliphatic carbocycles. The lowest BCUT2D eigenvalue weighted by atomic mass is 9.89. The maximum absolute atomic E-state index is 5.87. The van der Waals surface area contributed by atoms with E-state index in [4.69, 9.17) is 4.42 Å². The van der Waals surface area contributed by atoms with E-state index in [1.165, 1.54) is 18.4 Å². The molecule has 2 heterocycles. The van der Waals surface area contributed by atoms with E-state index < -0.39 is 0 Å². The normalized spacial score (nSPS) is 16.2. The van der Waals surface area contributed by atoms with Crippen LogP contribution in [0.1, 0.15) is 30.2 Å². The van der Waals surface area contributed by atoms with E-state index in [2.05, 4.69) is 61.4 Å². The summed E-state index contributed by atoms with van der Waals surface area (Å²) in [5.74, 6) is 1.92. The number of nitrogens with zero attached hydrogens (tertiary/aromatic N) is 3. The summed E-state index contributed by atoms with van der Waals surface area (Å²) in [4.78, 5) is 2.40. The van der Waals surface area contributed by atoms with Crippen LogP contribution in [0.2, 0.25) is 0 Å². The fraction of sp³-hybridized carbons (Fsp3) is 0.300. The molecule has 25 heavy (non-hydrogen) atoms. The van der Waals surface area contributed by atoms with Gasteiger partial charge in [-0.1, -0.05) is 42.5 Å². The smallest absolute Gasteiger partial charge is 0.248 e. The number of rotatable bonds is 4. The second-order valence-electron chi connectivity index (χ2n) is 6.44. The number of benzene rings is 2. The molecule has 1 aromatic heterocycles. The van der Waals surface area contributed by atoms with Crippen LogP contribution >= 0.6 is 15.9 Å². The van der Waals surface area contributed by atoms with Crippen LogP contribution in [-0.4, -0.2) is 28.2 Å². The first-order valence-corrected chi connectivity index (χ1v) is 9.43. The summed E-state index contributed by atoms with van der Waals surface area (Å²) in [5, 5.41) is 8.43. The fourth-order valence-corrected chi connectivity index (χ4v) is 3.86. The fourth-order valence-electron chi connectivity index (χ4n) is 3.40. The van der Waals surface area contributed by atoms with Gasteiger partial charge in [0.05, 0.1) is 12.1 Å². The molecule has 0 atom stereocenters. The van der Waals surface area contributed by atoms with E-state index in [0.717, 1.165) is 29.7 Å². The Kier molecular flexibility index (Phi) is 4.95. The molecule has 4 nitrogen and oxygen atoms in total. The summed E-state index contributed by atoms with van der Waals surface area (Å²) in [6.45, 7) is 2.84. The predicted octanol–water partition coefficient (Wildman–Crippen LogP) is 4.88. The van der Waals surface area contributed by atoms with Crippen LogP contribution in [0.25, 0.3) is 11.5 Å². The second kappa shape index (κ2) is 7.50. The molecule has 1 aliphatic rings. The quantitative estimate of drug-likeness (QED) is 0.628. The van der Waals surface area contributed by atoms with Crippen molar-refractivity contribution in [3.8, 4) is 11.5 Å². The average Bonchev–Trinajstić information content (AvgIpc) is 3.12. The third-order valence-corrected chi connectivity index (χ3v) is 5.48. The van der Waals surface area contributed by atoms with E-state index in [9.17, 15) is 0 Å². The molecule has 0 radical (unpaired) electrons. The molecule has 0 saturated carbocycles. The van der Waals surface area contributed by atoms with E-state index in [1.54, 1.807) is 0 Å². The zero-order valence-electron chi connectivity index (χ0n) is 13.9. The number of likely N-dealkylation sites (tertiary alicyclic amines) is 1. The van der Waals surface area contributed by atoms with Crippen LogP contribution in [0, 0.1) is 0 Å². The molecule has 5 heteroatoms. The highest BCUT2D eigenvalue weighted by Gasteiger charge is 2.22. The molecule has 0 spiro atoms. The van der Waals surface area contributed by atoms with Crippen molar-refractivity contribution in [1.29, 1.82) is 0 Å². The van der Waals surface area contributed by atoms with Crippen molar-refractivity contribution < 1.29 is 4.42 Å². The Morgan fingerprint density at radius 3 is 2.44 bits per heavy atom. The largest absolute Gasteiger partial charge is 0.419 e. The number of halogens is 1. The highest BCUT2D eigenvalue weighted by Crippen LogP contribution is 2.29. The molecule has 1 fully saturated rings. The van der Waals surface area contributed by atoms with Crippen LogP contribution in [-0.2, 0) is 6.54 Å². The van der Waals surface area contributed by atoms with Gasteiger partial charge in [0.25, 0.3) is 0 Å². The number of hydrogen-bond donors (Lipinski definition) is 0.